The molecule has 11 nitrogen and oxygen atoms in total. The maximum absolute atomic E-state index is 13.7. The van der Waals surface area contributed by atoms with E-state index in [0.29, 0.717) is 45.2 Å². The van der Waals surface area contributed by atoms with Crippen LogP contribution in [0.25, 0.3) is 27.7 Å². The number of halogens is 1. The molecule has 4 aromatic heterocycles. The predicted molar refractivity (Wildman–Crippen MR) is 154 cm³/mol. The molecule has 1 aliphatic heterocycles. The summed E-state index contributed by atoms with van der Waals surface area (Å²) < 4.78 is 3.91. The molecule has 41 heavy (non-hydrogen) atoms. The Morgan fingerprint density at radius 2 is 1.85 bits per heavy atom. The number of rotatable bonds is 6. The van der Waals surface area contributed by atoms with Crippen molar-refractivity contribution >= 4 is 55.9 Å². The van der Waals surface area contributed by atoms with Crippen LogP contribution in [0.2, 0.25) is 0 Å². The topological polar surface area (TPSA) is 127 Å². The molecule has 2 amide bonds. The third kappa shape index (κ3) is 4.57. The van der Waals surface area contributed by atoms with E-state index >= 15 is 0 Å². The minimum Gasteiger partial charge on any atom is -0.326 e. The normalized spacial score (nSPS) is 19.5. The summed E-state index contributed by atoms with van der Waals surface area (Å²) in [5.74, 6) is 0.782. The number of hydrogen-bond acceptors (Lipinski definition) is 7. The molecule has 0 bridgehead atoms. The Morgan fingerprint density at radius 1 is 1.02 bits per heavy atom. The first-order chi connectivity index (χ1) is 19.7. The van der Waals surface area contributed by atoms with Crippen LogP contribution in [0.4, 0.5) is 5.82 Å². The molecule has 206 valence electrons. The lowest BCUT2D eigenvalue weighted by Crippen LogP contribution is -2.46. The summed E-state index contributed by atoms with van der Waals surface area (Å²) in [7, 11) is 0. The summed E-state index contributed by atoms with van der Waals surface area (Å²) >= 11 is 3.32. The van der Waals surface area contributed by atoms with Gasteiger partial charge in [0, 0.05) is 30.1 Å². The SMILES string of the molecule is CC(=O)c1nn(CC(=O)N2[C@@H]3C[C@@H]3C[C@H]2C(=O)Nc2cccc(Br)n2)c2ccc(-c3ccc4nc(C)nn4c3)cc12. The molecule has 12 heteroatoms. The van der Waals surface area contributed by atoms with E-state index in [1.54, 1.807) is 32.3 Å². The quantitative estimate of drug-likeness (QED) is 0.226. The fraction of sp³-hybridized carbons (Fsp3) is 0.276. The lowest BCUT2D eigenvalue weighted by Gasteiger charge is -2.26. The van der Waals surface area contributed by atoms with Crippen LogP contribution in [0.5, 0.6) is 0 Å². The van der Waals surface area contributed by atoms with Gasteiger partial charge in [-0.3, -0.25) is 19.1 Å². The first-order valence-corrected chi connectivity index (χ1v) is 14.1. The zero-order valence-corrected chi connectivity index (χ0v) is 23.9. The molecule has 5 heterocycles. The van der Waals surface area contributed by atoms with E-state index in [1.807, 2.05) is 43.5 Å². The minimum atomic E-state index is -0.580. The summed E-state index contributed by atoms with van der Waals surface area (Å²) in [5, 5.41) is 12.5. The fourth-order valence-corrected chi connectivity index (χ4v) is 6.19. The zero-order chi connectivity index (χ0) is 28.4. The number of Topliss-reactive ketones (excluding diaryl/α,β-unsaturated/α-hetero) is 1. The highest BCUT2D eigenvalue weighted by molar-refractivity contribution is 9.10. The predicted octanol–water partition coefficient (Wildman–Crippen LogP) is 4.04. The zero-order valence-electron chi connectivity index (χ0n) is 22.3. The van der Waals surface area contributed by atoms with Crippen molar-refractivity contribution in [1.29, 1.82) is 0 Å². The van der Waals surface area contributed by atoms with Crippen LogP contribution < -0.4 is 5.32 Å². The van der Waals surface area contributed by atoms with Gasteiger partial charge in [-0.1, -0.05) is 12.1 Å². The molecule has 2 aliphatic rings. The van der Waals surface area contributed by atoms with Gasteiger partial charge in [0.2, 0.25) is 11.8 Å². The van der Waals surface area contributed by atoms with Gasteiger partial charge in [0.15, 0.2) is 11.4 Å². The molecule has 7 rings (SSSR count). The highest BCUT2D eigenvalue weighted by atomic mass is 79.9. The van der Waals surface area contributed by atoms with Crippen LogP contribution in [0.15, 0.2) is 59.3 Å². The molecule has 1 saturated heterocycles. The number of pyridine rings is 2. The van der Waals surface area contributed by atoms with Crippen molar-refractivity contribution in [1.82, 2.24) is 34.3 Å². The molecule has 1 aliphatic carbocycles. The van der Waals surface area contributed by atoms with E-state index in [1.165, 1.54) is 6.92 Å². The minimum absolute atomic E-state index is 0.0461. The maximum Gasteiger partial charge on any atom is 0.248 e. The number of aromatic nitrogens is 6. The molecule has 1 N–H and O–H groups in total. The highest BCUT2D eigenvalue weighted by Crippen LogP contribution is 2.48. The van der Waals surface area contributed by atoms with Crippen molar-refractivity contribution in [3.8, 4) is 11.1 Å². The van der Waals surface area contributed by atoms with Crippen LogP contribution in [-0.2, 0) is 16.1 Å². The van der Waals surface area contributed by atoms with Crippen molar-refractivity contribution in [2.75, 3.05) is 5.32 Å². The number of amides is 2. The molecular weight excluding hydrogens is 588 g/mol. The van der Waals surface area contributed by atoms with Gasteiger partial charge in [-0.05, 0) is 83.6 Å². The summed E-state index contributed by atoms with van der Waals surface area (Å²) in [6.45, 7) is 3.24. The van der Waals surface area contributed by atoms with Gasteiger partial charge >= 0.3 is 0 Å². The van der Waals surface area contributed by atoms with Gasteiger partial charge in [-0.15, -0.1) is 0 Å². The second-order valence-electron chi connectivity index (χ2n) is 10.6. The summed E-state index contributed by atoms with van der Waals surface area (Å²) in [4.78, 5) is 49.8. The third-order valence-electron chi connectivity index (χ3n) is 7.80. The van der Waals surface area contributed by atoms with Crippen LogP contribution in [0.1, 0.15) is 36.1 Å². The Morgan fingerprint density at radius 3 is 2.66 bits per heavy atom. The van der Waals surface area contributed by atoms with Gasteiger partial charge in [-0.25, -0.2) is 14.5 Å². The average molecular weight is 613 g/mol. The van der Waals surface area contributed by atoms with E-state index in [-0.39, 0.29) is 30.2 Å². The first-order valence-electron chi connectivity index (χ1n) is 13.3. The van der Waals surface area contributed by atoms with Gasteiger partial charge in [0.25, 0.3) is 0 Å². The van der Waals surface area contributed by atoms with Crippen molar-refractivity contribution < 1.29 is 14.4 Å². The molecular formula is C29H25BrN8O3. The number of carbonyl (C=O) groups is 3. The molecule has 3 atom stereocenters. The number of piperidine rings is 1. The second kappa shape index (κ2) is 9.58. The Bertz CT molecular complexity index is 1900. The summed E-state index contributed by atoms with van der Waals surface area (Å²) in [6.07, 6.45) is 3.40. The lowest BCUT2D eigenvalue weighted by atomic mass is 10.0. The lowest BCUT2D eigenvalue weighted by molar-refractivity contribution is -0.138. The summed E-state index contributed by atoms with van der Waals surface area (Å²) in [6, 6.07) is 14.3. The van der Waals surface area contributed by atoms with Gasteiger partial charge in [-0.2, -0.15) is 10.2 Å². The first kappa shape index (κ1) is 25.5. The third-order valence-corrected chi connectivity index (χ3v) is 8.24. The molecule has 0 spiro atoms. The van der Waals surface area contributed by atoms with E-state index in [4.69, 9.17) is 0 Å². The van der Waals surface area contributed by atoms with E-state index in [9.17, 15) is 14.4 Å². The van der Waals surface area contributed by atoms with E-state index in [2.05, 4.69) is 41.4 Å². The second-order valence-corrected chi connectivity index (χ2v) is 11.4. The molecule has 0 radical (unpaired) electrons. The molecule has 0 unspecified atom stereocenters. The van der Waals surface area contributed by atoms with Crippen molar-refractivity contribution in [3.05, 3.63) is 70.8 Å². The number of hydrogen-bond donors (Lipinski definition) is 1. The van der Waals surface area contributed by atoms with Crippen LogP contribution in [-0.4, -0.2) is 63.9 Å². The number of fused-ring (bicyclic) bond motifs is 3. The molecule has 5 aromatic rings. The number of anilines is 1. The van der Waals surface area contributed by atoms with Gasteiger partial charge in [0.05, 0.1) is 5.52 Å². The number of nitrogens with zero attached hydrogens (tertiary/aromatic N) is 7. The summed E-state index contributed by atoms with van der Waals surface area (Å²) in [5.41, 5.74) is 3.53. The van der Waals surface area contributed by atoms with Crippen molar-refractivity contribution in [2.45, 2.75) is 45.3 Å². The van der Waals surface area contributed by atoms with Crippen LogP contribution >= 0.6 is 15.9 Å². The van der Waals surface area contributed by atoms with E-state index < -0.39 is 6.04 Å². The van der Waals surface area contributed by atoms with E-state index in [0.717, 1.165) is 23.2 Å². The largest absolute Gasteiger partial charge is 0.326 e. The molecule has 1 aromatic carbocycles. The number of ketones is 1. The number of benzene rings is 1. The molecule has 1 saturated carbocycles. The number of aryl methyl sites for hydroxylation is 1. The van der Waals surface area contributed by atoms with Gasteiger partial charge < -0.3 is 10.2 Å². The van der Waals surface area contributed by atoms with Crippen LogP contribution in [0, 0.1) is 12.8 Å². The molecule has 2 fully saturated rings. The van der Waals surface area contributed by atoms with Crippen molar-refractivity contribution in [2.24, 2.45) is 5.92 Å². The van der Waals surface area contributed by atoms with Crippen molar-refractivity contribution in [3.63, 3.8) is 0 Å². The number of nitrogens with one attached hydrogen (secondary N) is 1. The smallest absolute Gasteiger partial charge is 0.248 e. The van der Waals surface area contributed by atoms with Crippen LogP contribution in [0.3, 0.4) is 0 Å². The van der Waals surface area contributed by atoms with Gasteiger partial charge in [0.1, 0.15) is 34.5 Å². The fourth-order valence-electron chi connectivity index (χ4n) is 5.85. The Hall–Kier alpha value is -4.45. The Labute approximate surface area is 242 Å². The standard InChI is InChI=1S/C29H25BrN8O3/c1-15(39)28-20-10-17(18-7-9-26-31-16(2)34-37(26)13-18)6-8-21(20)36(35-28)14-27(40)38-22-11-19(22)12-23(38)29(41)33-25-5-3-4-24(30)32-25/h3-10,13,19,22-23H,11-12,14H2,1-2H3,(H,32,33,41)/t19-,22-,23+/m1/s1. The number of likely N-dealkylation sites (tertiary alicyclic amines) is 1. The monoisotopic (exact) mass is 612 g/mol. The maximum atomic E-state index is 13.7. The number of carbonyl (C=O) groups excluding carboxylic acids is 3. The highest BCUT2D eigenvalue weighted by Gasteiger charge is 2.56. The Kier molecular flexibility index (Phi) is 5.96. The average Bonchev–Trinajstić information content (AvgIpc) is 3.25. The Balaban J connectivity index is 1.17.